The van der Waals surface area contributed by atoms with Gasteiger partial charge >= 0.3 is 5.69 Å². The highest BCUT2D eigenvalue weighted by Crippen LogP contribution is 2.32. The Kier molecular flexibility index (Phi) is 7.12. The molecule has 0 radical (unpaired) electrons. The second-order valence-corrected chi connectivity index (χ2v) is 6.00. The van der Waals surface area contributed by atoms with E-state index in [1.54, 1.807) is 24.3 Å². The lowest BCUT2D eigenvalue weighted by atomic mass is 10.2. The van der Waals surface area contributed by atoms with Gasteiger partial charge in [-0.25, -0.2) is 5.43 Å². The Balaban J connectivity index is 1.97. The number of benzene rings is 2. The molecule has 0 aliphatic rings. The van der Waals surface area contributed by atoms with Gasteiger partial charge in [-0.1, -0.05) is 28.1 Å². The van der Waals surface area contributed by atoms with Crippen molar-refractivity contribution >= 4 is 33.7 Å². The van der Waals surface area contributed by atoms with Crippen molar-refractivity contribution in [1.29, 1.82) is 0 Å². The van der Waals surface area contributed by atoms with E-state index in [4.69, 9.17) is 9.47 Å². The third-order valence-electron chi connectivity index (χ3n) is 3.18. The highest BCUT2D eigenvalue weighted by atomic mass is 79.9. The fourth-order valence-electron chi connectivity index (χ4n) is 2.04. The Bertz CT molecular complexity index is 872. The second-order valence-electron chi connectivity index (χ2n) is 5.08. The minimum atomic E-state index is -0.723. The van der Waals surface area contributed by atoms with Gasteiger partial charge in [-0.05, 0) is 25.1 Å². The number of aromatic hydroxyl groups is 1. The average molecular weight is 438 g/mol. The zero-order valence-electron chi connectivity index (χ0n) is 14.2. The van der Waals surface area contributed by atoms with Crippen molar-refractivity contribution < 1.29 is 24.3 Å². The first-order valence-electron chi connectivity index (χ1n) is 7.75. The third kappa shape index (κ3) is 5.68. The maximum atomic E-state index is 11.8. The average Bonchev–Trinajstić information content (AvgIpc) is 2.63. The minimum Gasteiger partial charge on any atom is -0.502 e. The van der Waals surface area contributed by atoms with Crippen molar-refractivity contribution in [3.8, 4) is 17.2 Å². The molecule has 0 aromatic heterocycles. The fourth-order valence-corrected chi connectivity index (χ4v) is 2.50. The number of ether oxygens (including phenoxy) is 2. The van der Waals surface area contributed by atoms with Gasteiger partial charge in [-0.3, -0.25) is 14.9 Å². The van der Waals surface area contributed by atoms with E-state index in [9.17, 15) is 20.0 Å². The summed E-state index contributed by atoms with van der Waals surface area (Å²) < 4.78 is 11.2. The van der Waals surface area contributed by atoms with E-state index in [0.717, 1.165) is 12.3 Å². The van der Waals surface area contributed by atoms with Gasteiger partial charge in [0.2, 0.25) is 5.75 Å². The quantitative estimate of drug-likeness (QED) is 0.371. The van der Waals surface area contributed by atoms with Crippen LogP contribution < -0.4 is 14.9 Å². The lowest BCUT2D eigenvalue weighted by Gasteiger charge is -2.10. The molecule has 2 N–H and O–H groups in total. The first-order chi connectivity index (χ1) is 12.9. The van der Waals surface area contributed by atoms with Crippen LogP contribution in [0.1, 0.15) is 12.5 Å². The van der Waals surface area contributed by atoms with Crippen molar-refractivity contribution in [1.82, 2.24) is 5.43 Å². The van der Waals surface area contributed by atoms with E-state index in [0.29, 0.717) is 22.6 Å². The summed E-state index contributed by atoms with van der Waals surface area (Å²) in [7, 11) is 0. The van der Waals surface area contributed by atoms with E-state index < -0.39 is 22.3 Å². The highest BCUT2D eigenvalue weighted by molar-refractivity contribution is 9.10. The number of nitro benzene ring substituents is 1. The predicted molar refractivity (Wildman–Crippen MR) is 101 cm³/mol. The molecule has 142 valence electrons. The van der Waals surface area contributed by atoms with Gasteiger partial charge < -0.3 is 14.6 Å². The van der Waals surface area contributed by atoms with E-state index >= 15 is 0 Å². The molecule has 10 heteroatoms. The van der Waals surface area contributed by atoms with Crippen LogP contribution >= 0.6 is 15.9 Å². The molecule has 2 aromatic rings. The number of nitro groups is 1. The van der Waals surface area contributed by atoms with Crippen molar-refractivity contribution in [3.05, 3.63) is 56.5 Å². The maximum Gasteiger partial charge on any atom is 0.312 e. The van der Waals surface area contributed by atoms with Crippen molar-refractivity contribution in [2.75, 3.05) is 13.2 Å². The molecule has 0 aliphatic heterocycles. The Morgan fingerprint density at radius 3 is 2.63 bits per heavy atom. The van der Waals surface area contributed by atoms with Crippen LogP contribution in [0.25, 0.3) is 0 Å². The first-order valence-corrected chi connectivity index (χ1v) is 8.55. The van der Waals surface area contributed by atoms with Gasteiger partial charge in [0.15, 0.2) is 18.1 Å². The van der Waals surface area contributed by atoms with Crippen LogP contribution in [0.5, 0.6) is 17.2 Å². The summed E-state index contributed by atoms with van der Waals surface area (Å²) in [6.45, 7) is 1.98. The fraction of sp³-hybridized carbons (Fsp3) is 0.176. The molecule has 0 unspecified atom stereocenters. The van der Waals surface area contributed by atoms with Crippen LogP contribution in [-0.4, -0.2) is 35.4 Å². The molecule has 1 amide bonds. The van der Waals surface area contributed by atoms with Gasteiger partial charge in [-0.15, -0.1) is 0 Å². The normalized spacial score (nSPS) is 10.6. The zero-order valence-corrected chi connectivity index (χ0v) is 15.8. The van der Waals surface area contributed by atoms with E-state index in [2.05, 4.69) is 26.5 Å². The Morgan fingerprint density at radius 2 is 2.00 bits per heavy atom. The summed E-state index contributed by atoms with van der Waals surface area (Å²) >= 11 is 3.11. The van der Waals surface area contributed by atoms with Crippen LogP contribution in [0.15, 0.2) is 46.0 Å². The second kappa shape index (κ2) is 9.53. The number of hydrazone groups is 1. The number of halogens is 1. The zero-order chi connectivity index (χ0) is 19.8. The largest absolute Gasteiger partial charge is 0.502 e. The summed E-state index contributed by atoms with van der Waals surface area (Å²) in [6, 6.07) is 9.50. The molecule has 9 nitrogen and oxygen atoms in total. The van der Waals surface area contributed by atoms with Crippen molar-refractivity contribution in [3.63, 3.8) is 0 Å². The molecule has 2 aromatic carbocycles. The monoisotopic (exact) mass is 437 g/mol. The standard InChI is InChI=1S/C17H16BrN3O6/c1-2-26-14-5-3-4-6-15(14)27-10-16(22)20-19-9-11-7-12(18)8-13(17(11)23)21(24)25/h3-9,23H,2,10H2,1H3,(H,20,22)/b19-9-. The van der Waals surface area contributed by atoms with E-state index in [-0.39, 0.29) is 12.2 Å². The number of hydrogen-bond donors (Lipinski definition) is 2. The molecule has 2 rings (SSSR count). The molecule has 0 fully saturated rings. The minimum absolute atomic E-state index is 0.0685. The van der Waals surface area contributed by atoms with Gasteiger partial charge in [0.05, 0.1) is 17.7 Å². The number of phenolic OH excluding ortho intramolecular Hbond substituents is 1. The molecule has 0 saturated carbocycles. The Hall–Kier alpha value is -3.14. The van der Waals surface area contributed by atoms with Crippen molar-refractivity contribution in [2.24, 2.45) is 5.10 Å². The SMILES string of the molecule is CCOc1ccccc1OCC(=O)N/N=C\c1cc(Br)cc([N+](=O)[O-])c1O. The van der Waals surface area contributed by atoms with Crippen LogP contribution in [0, 0.1) is 10.1 Å². The third-order valence-corrected chi connectivity index (χ3v) is 3.64. The molecule has 27 heavy (non-hydrogen) atoms. The number of amides is 1. The number of rotatable bonds is 8. The first kappa shape index (κ1) is 20.2. The molecule has 0 aliphatic carbocycles. The van der Waals surface area contributed by atoms with Gasteiger partial charge in [0, 0.05) is 16.1 Å². The Morgan fingerprint density at radius 1 is 1.33 bits per heavy atom. The topological polar surface area (TPSA) is 123 Å². The van der Waals surface area contributed by atoms with E-state index in [1.807, 2.05) is 6.92 Å². The number of nitrogens with zero attached hydrogens (tertiary/aromatic N) is 2. The number of carbonyl (C=O) groups is 1. The van der Waals surface area contributed by atoms with Crippen LogP contribution in [0.2, 0.25) is 0 Å². The molecule has 0 spiro atoms. The number of nitrogens with one attached hydrogen (secondary N) is 1. The maximum absolute atomic E-state index is 11.8. The van der Waals surface area contributed by atoms with Crippen LogP contribution in [0.4, 0.5) is 5.69 Å². The highest BCUT2D eigenvalue weighted by Gasteiger charge is 2.17. The number of phenols is 1. The van der Waals surface area contributed by atoms with E-state index in [1.165, 1.54) is 6.07 Å². The van der Waals surface area contributed by atoms with Crippen LogP contribution in [-0.2, 0) is 4.79 Å². The summed E-state index contributed by atoms with van der Waals surface area (Å²) in [5.74, 6) is -0.175. The molecule has 0 bridgehead atoms. The molecular weight excluding hydrogens is 422 g/mol. The number of hydrogen-bond acceptors (Lipinski definition) is 7. The molecule has 0 saturated heterocycles. The Labute approximate surface area is 162 Å². The lowest BCUT2D eigenvalue weighted by molar-refractivity contribution is -0.385. The number of carbonyl (C=O) groups excluding carboxylic acids is 1. The molecular formula is C17H16BrN3O6. The predicted octanol–water partition coefficient (Wildman–Crippen LogP) is 2.99. The van der Waals surface area contributed by atoms with Crippen LogP contribution in [0.3, 0.4) is 0 Å². The number of para-hydroxylation sites is 2. The van der Waals surface area contributed by atoms with Gasteiger partial charge in [0.1, 0.15) is 0 Å². The molecule has 0 atom stereocenters. The van der Waals surface area contributed by atoms with Crippen molar-refractivity contribution in [2.45, 2.75) is 6.92 Å². The van der Waals surface area contributed by atoms with Gasteiger partial charge in [0.25, 0.3) is 5.91 Å². The van der Waals surface area contributed by atoms with Gasteiger partial charge in [-0.2, -0.15) is 5.10 Å². The molecule has 0 heterocycles. The summed E-state index contributed by atoms with van der Waals surface area (Å²) in [6.07, 6.45) is 1.10. The summed E-state index contributed by atoms with van der Waals surface area (Å²) in [5.41, 5.74) is 1.81. The smallest absolute Gasteiger partial charge is 0.312 e. The lowest BCUT2D eigenvalue weighted by Crippen LogP contribution is -2.24. The summed E-state index contributed by atoms with van der Waals surface area (Å²) in [4.78, 5) is 22.0. The summed E-state index contributed by atoms with van der Waals surface area (Å²) in [5, 5.41) is 24.4.